The van der Waals surface area contributed by atoms with E-state index in [-0.39, 0.29) is 11.8 Å². The van der Waals surface area contributed by atoms with Crippen LogP contribution in [0.2, 0.25) is 0 Å². The van der Waals surface area contributed by atoms with E-state index in [1.807, 2.05) is 47.9 Å². The van der Waals surface area contributed by atoms with Crippen molar-refractivity contribution >= 4 is 17.6 Å². The number of piperazine rings is 1. The van der Waals surface area contributed by atoms with Crippen molar-refractivity contribution in [3.63, 3.8) is 0 Å². The van der Waals surface area contributed by atoms with E-state index in [1.165, 1.54) is 11.9 Å². The lowest BCUT2D eigenvalue weighted by Gasteiger charge is -2.35. The molecule has 0 spiro atoms. The largest absolute Gasteiger partial charge is 0.339 e. The summed E-state index contributed by atoms with van der Waals surface area (Å²) >= 11 is 0. The molecule has 1 saturated heterocycles. The van der Waals surface area contributed by atoms with Gasteiger partial charge in [0, 0.05) is 49.6 Å². The quantitative estimate of drug-likeness (QED) is 0.617. The number of aryl methyl sites for hydroxylation is 2. The lowest BCUT2D eigenvalue weighted by Crippen LogP contribution is -2.50. The van der Waals surface area contributed by atoms with Crippen molar-refractivity contribution < 1.29 is 9.59 Å². The number of hydrogen-bond acceptors (Lipinski definition) is 5. The Bertz CT molecular complexity index is 1130. The summed E-state index contributed by atoms with van der Waals surface area (Å²) in [6.45, 7) is 10.4. The van der Waals surface area contributed by atoms with Crippen LogP contribution in [0.5, 0.6) is 0 Å². The van der Waals surface area contributed by atoms with Gasteiger partial charge in [-0.3, -0.25) is 9.59 Å². The molecule has 3 aromatic rings. The Balaban J connectivity index is 1.32. The number of benzene rings is 1. The lowest BCUT2D eigenvalue weighted by atomic mass is 10.0. The first-order valence-corrected chi connectivity index (χ1v) is 11.2. The fourth-order valence-electron chi connectivity index (χ4n) is 4.26. The van der Waals surface area contributed by atoms with Gasteiger partial charge in [-0.15, -0.1) is 0 Å². The number of rotatable bonds is 5. The second-order valence-electron chi connectivity index (χ2n) is 8.68. The molecule has 2 aromatic heterocycles. The third-order valence-electron chi connectivity index (χ3n) is 6.32. The van der Waals surface area contributed by atoms with Gasteiger partial charge in [-0.05, 0) is 49.4 Å². The summed E-state index contributed by atoms with van der Waals surface area (Å²) in [7, 11) is 0. The SMILES string of the molecule is Cc1nc2ncnn2c(C)c1CCC(=O)N1CCN(C(=O)c2ccc(C(C)C)cc2)CC1. The van der Waals surface area contributed by atoms with Crippen LogP contribution in [-0.2, 0) is 11.2 Å². The Kier molecular flexibility index (Phi) is 6.21. The molecule has 0 aliphatic carbocycles. The monoisotopic (exact) mass is 434 g/mol. The minimum Gasteiger partial charge on any atom is -0.339 e. The maximum atomic E-state index is 12.8. The van der Waals surface area contributed by atoms with E-state index < -0.39 is 0 Å². The Morgan fingerprint density at radius 2 is 1.66 bits per heavy atom. The molecule has 4 rings (SSSR count). The van der Waals surface area contributed by atoms with E-state index in [4.69, 9.17) is 0 Å². The fourth-order valence-corrected chi connectivity index (χ4v) is 4.26. The second kappa shape index (κ2) is 9.06. The van der Waals surface area contributed by atoms with E-state index in [0.29, 0.717) is 56.3 Å². The van der Waals surface area contributed by atoms with Crippen molar-refractivity contribution in [1.29, 1.82) is 0 Å². The molecular formula is C24H30N6O2. The smallest absolute Gasteiger partial charge is 0.253 e. The van der Waals surface area contributed by atoms with Gasteiger partial charge in [0.2, 0.25) is 5.91 Å². The number of nitrogens with zero attached hydrogens (tertiary/aromatic N) is 6. The van der Waals surface area contributed by atoms with Gasteiger partial charge in [-0.1, -0.05) is 26.0 Å². The van der Waals surface area contributed by atoms with Gasteiger partial charge in [0.25, 0.3) is 11.7 Å². The summed E-state index contributed by atoms with van der Waals surface area (Å²) in [5, 5.41) is 4.21. The van der Waals surface area contributed by atoms with Crippen LogP contribution in [0.15, 0.2) is 30.6 Å². The van der Waals surface area contributed by atoms with Crippen molar-refractivity contribution in [3.8, 4) is 0 Å². The molecule has 32 heavy (non-hydrogen) atoms. The number of carbonyl (C=O) groups excluding carboxylic acids is 2. The molecule has 1 aliphatic heterocycles. The van der Waals surface area contributed by atoms with E-state index in [0.717, 1.165) is 17.0 Å². The Hall–Kier alpha value is -3.29. The van der Waals surface area contributed by atoms with Crippen molar-refractivity contribution in [1.82, 2.24) is 29.4 Å². The van der Waals surface area contributed by atoms with Gasteiger partial charge >= 0.3 is 0 Å². The summed E-state index contributed by atoms with van der Waals surface area (Å²) < 4.78 is 1.71. The molecule has 0 atom stereocenters. The van der Waals surface area contributed by atoms with Gasteiger partial charge < -0.3 is 9.80 Å². The number of amides is 2. The van der Waals surface area contributed by atoms with Crippen molar-refractivity contribution in [2.24, 2.45) is 0 Å². The van der Waals surface area contributed by atoms with E-state index in [2.05, 4.69) is 28.9 Å². The Morgan fingerprint density at radius 3 is 2.31 bits per heavy atom. The van der Waals surface area contributed by atoms with Gasteiger partial charge in [-0.2, -0.15) is 10.1 Å². The minimum atomic E-state index is 0.0332. The lowest BCUT2D eigenvalue weighted by molar-refractivity contribution is -0.132. The Labute approximate surface area is 188 Å². The van der Waals surface area contributed by atoms with Crippen LogP contribution in [-0.4, -0.2) is 67.4 Å². The van der Waals surface area contributed by atoms with Gasteiger partial charge in [0.05, 0.1) is 0 Å². The predicted octanol–water partition coefficient (Wildman–Crippen LogP) is 2.78. The highest BCUT2D eigenvalue weighted by Crippen LogP contribution is 2.18. The van der Waals surface area contributed by atoms with Crippen LogP contribution >= 0.6 is 0 Å². The van der Waals surface area contributed by atoms with Gasteiger partial charge in [0.1, 0.15) is 6.33 Å². The average Bonchev–Trinajstić information content (AvgIpc) is 3.27. The predicted molar refractivity (Wildman–Crippen MR) is 122 cm³/mol. The third kappa shape index (κ3) is 4.35. The number of hydrogen-bond donors (Lipinski definition) is 0. The molecule has 8 heteroatoms. The first-order chi connectivity index (χ1) is 15.3. The summed E-state index contributed by atoms with van der Waals surface area (Å²) in [5.74, 6) is 1.16. The van der Waals surface area contributed by atoms with Crippen molar-refractivity contribution in [3.05, 3.63) is 58.7 Å². The van der Waals surface area contributed by atoms with Crippen LogP contribution in [0.25, 0.3) is 5.78 Å². The zero-order valence-electron chi connectivity index (χ0n) is 19.2. The van der Waals surface area contributed by atoms with Crippen molar-refractivity contribution in [2.75, 3.05) is 26.2 Å². The number of fused-ring (bicyclic) bond motifs is 1. The Morgan fingerprint density at radius 1 is 1.00 bits per heavy atom. The van der Waals surface area contributed by atoms with Crippen LogP contribution < -0.4 is 0 Å². The zero-order valence-corrected chi connectivity index (χ0v) is 19.2. The van der Waals surface area contributed by atoms with E-state index in [1.54, 1.807) is 4.52 Å². The maximum absolute atomic E-state index is 12.8. The molecular weight excluding hydrogens is 404 g/mol. The van der Waals surface area contributed by atoms with Crippen LogP contribution in [0.3, 0.4) is 0 Å². The standard InChI is InChI=1S/C24H30N6O2/c1-16(2)19-5-7-20(8-6-19)23(32)29-13-11-28(12-14-29)22(31)10-9-21-17(3)27-24-25-15-26-30(24)18(21)4/h5-8,15-16H,9-14H2,1-4H3. The van der Waals surface area contributed by atoms with Crippen LogP contribution in [0, 0.1) is 13.8 Å². The van der Waals surface area contributed by atoms with Crippen LogP contribution in [0.1, 0.15) is 59.1 Å². The van der Waals surface area contributed by atoms with E-state index >= 15 is 0 Å². The summed E-state index contributed by atoms with van der Waals surface area (Å²) in [6, 6.07) is 7.85. The van der Waals surface area contributed by atoms with Gasteiger partial charge in [-0.25, -0.2) is 9.50 Å². The summed E-state index contributed by atoms with van der Waals surface area (Å²) in [6.07, 6.45) is 2.51. The summed E-state index contributed by atoms with van der Waals surface area (Å²) in [4.78, 5) is 38.0. The fraction of sp³-hybridized carbons (Fsp3) is 0.458. The van der Waals surface area contributed by atoms with E-state index in [9.17, 15) is 9.59 Å². The molecule has 1 fully saturated rings. The zero-order chi connectivity index (χ0) is 22.8. The maximum Gasteiger partial charge on any atom is 0.253 e. The summed E-state index contributed by atoms with van der Waals surface area (Å²) in [5.41, 5.74) is 4.82. The molecule has 8 nitrogen and oxygen atoms in total. The second-order valence-corrected chi connectivity index (χ2v) is 8.68. The molecule has 0 radical (unpaired) electrons. The molecule has 0 N–H and O–H groups in total. The first kappa shape index (κ1) is 21.9. The molecule has 1 aromatic carbocycles. The third-order valence-corrected chi connectivity index (χ3v) is 6.32. The number of carbonyl (C=O) groups is 2. The average molecular weight is 435 g/mol. The molecule has 2 amide bonds. The van der Waals surface area contributed by atoms with Gasteiger partial charge in [0.15, 0.2) is 0 Å². The first-order valence-electron chi connectivity index (χ1n) is 11.2. The molecule has 168 valence electrons. The molecule has 0 bridgehead atoms. The molecule has 0 unspecified atom stereocenters. The number of aromatic nitrogens is 4. The van der Waals surface area contributed by atoms with Crippen molar-refractivity contribution in [2.45, 2.75) is 46.5 Å². The molecule has 3 heterocycles. The minimum absolute atomic E-state index is 0.0332. The highest BCUT2D eigenvalue weighted by molar-refractivity contribution is 5.94. The normalized spacial score (nSPS) is 14.4. The molecule has 1 aliphatic rings. The highest BCUT2D eigenvalue weighted by Gasteiger charge is 2.25. The topological polar surface area (TPSA) is 83.7 Å². The highest BCUT2D eigenvalue weighted by atomic mass is 16.2. The molecule has 0 saturated carbocycles. The van der Waals surface area contributed by atoms with Crippen LogP contribution in [0.4, 0.5) is 0 Å².